The lowest BCUT2D eigenvalue weighted by molar-refractivity contribution is -0.144. The Labute approximate surface area is 244 Å². The van der Waals surface area contributed by atoms with E-state index in [0.717, 1.165) is 6.07 Å². The zero-order valence-corrected chi connectivity index (χ0v) is 24.4. The highest BCUT2D eigenvalue weighted by molar-refractivity contribution is 7.19. The van der Waals surface area contributed by atoms with Gasteiger partial charge in [-0.3, -0.25) is 24.3 Å². The van der Waals surface area contributed by atoms with E-state index < -0.39 is 17.8 Å². The van der Waals surface area contributed by atoms with Crippen molar-refractivity contribution in [3.05, 3.63) is 46.1 Å². The van der Waals surface area contributed by atoms with Crippen molar-refractivity contribution in [3.63, 3.8) is 0 Å². The first-order valence-corrected chi connectivity index (χ1v) is 13.9. The van der Waals surface area contributed by atoms with Gasteiger partial charge in [-0.2, -0.15) is 13.2 Å². The van der Waals surface area contributed by atoms with Crippen LogP contribution in [0.4, 0.5) is 13.2 Å². The standard InChI is InChI=1S/C28H28F3N5O3S.ClH/c1-12-7-18(28(29,30)31)34-22(19(12)24(37)35-9-13(2)16(32)11-35)15-5-6-33-17-8-14(40-23(15)17)10-36-25(38)20-21(26(36)39)27(20,3)4;/h5-8,13,16,20-21H,9-11,32H2,1-4H3;1H/t13-,16-,20?,21?;/m1./s1. The lowest BCUT2D eigenvalue weighted by Gasteiger charge is -2.21. The molecule has 0 aromatic carbocycles. The van der Waals surface area contributed by atoms with Gasteiger partial charge < -0.3 is 10.6 Å². The molecule has 3 fully saturated rings. The van der Waals surface area contributed by atoms with Gasteiger partial charge >= 0.3 is 6.18 Å². The van der Waals surface area contributed by atoms with Gasteiger partial charge in [-0.15, -0.1) is 23.7 Å². The SMILES string of the molecule is Cc1cc(C(F)(F)F)nc(-c2ccnc3cc(CN4C(=O)C5C(C4=O)C5(C)C)sc23)c1C(=O)N1C[C@@H](C)[C@H](N)C1.Cl. The molecule has 0 radical (unpaired) electrons. The number of rotatable bonds is 4. The summed E-state index contributed by atoms with van der Waals surface area (Å²) >= 11 is 1.22. The number of nitrogens with zero attached hydrogens (tertiary/aromatic N) is 4. The van der Waals surface area contributed by atoms with Crippen LogP contribution in [0.2, 0.25) is 0 Å². The van der Waals surface area contributed by atoms with Crippen molar-refractivity contribution in [1.82, 2.24) is 19.8 Å². The molecule has 3 amide bonds. The van der Waals surface area contributed by atoms with Gasteiger partial charge in [0.05, 0.1) is 39.9 Å². The topological polar surface area (TPSA) is 109 Å². The highest BCUT2D eigenvalue weighted by Crippen LogP contribution is 2.63. The van der Waals surface area contributed by atoms with E-state index >= 15 is 0 Å². The van der Waals surface area contributed by atoms with Crippen LogP contribution in [0.3, 0.4) is 0 Å². The van der Waals surface area contributed by atoms with Crippen LogP contribution < -0.4 is 5.73 Å². The maximum Gasteiger partial charge on any atom is 0.433 e. The quantitative estimate of drug-likeness (QED) is 0.432. The molecule has 41 heavy (non-hydrogen) atoms. The number of halogens is 4. The first kappa shape index (κ1) is 29.4. The van der Waals surface area contributed by atoms with Crippen LogP contribution in [0.1, 0.15) is 47.3 Å². The number of aromatic nitrogens is 2. The number of thiophene rings is 1. The molecular formula is C28H29ClF3N5O3S. The first-order valence-electron chi connectivity index (χ1n) is 13.1. The van der Waals surface area contributed by atoms with E-state index in [4.69, 9.17) is 5.73 Å². The van der Waals surface area contributed by atoms with E-state index in [1.807, 2.05) is 20.8 Å². The smallest absolute Gasteiger partial charge is 0.337 e. The molecule has 13 heteroatoms. The minimum absolute atomic E-state index is 0. The van der Waals surface area contributed by atoms with Crippen LogP contribution in [-0.2, 0) is 22.3 Å². The lowest BCUT2D eigenvalue weighted by Crippen LogP contribution is -2.35. The van der Waals surface area contributed by atoms with Crippen molar-refractivity contribution in [1.29, 1.82) is 0 Å². The van der Waals surface area contributed by atoms with E-state index in [1.165, 1.54) is 29.4 Å². The molecule has 8 nitrogen and oxygen atoms in total. The molecule has 5 heterocycles. The van der Waals surface area contributed by atoms with Gasteiger partial charge in [0.15, 0.2) is 0 Å². The van der Waals surface area contributed by atoms with Crippen molar-refractivity contribution < 1.29 is 27.6 Å². The van der Waals surface area contributed by atoms with Crippen LogP contribution in [0.15, 0.2) is 24.4 Å². The van der Waals surface area contributed by atoms with Crippen LogP contribution in [0.25, 0.3) is 21.5 Å². The number of imide groups is 1. The second kappa shape index (κ2) is 9.74. The second-order valence-electron chi connectivity index (χ2n) is 11.7. The van der Waals surface area contributed by atoms with Crippen LogP contribution in [0, 0.1) is 30.1 Å². The molecule has 2 saturated heterocycles. The van der Waals surface area contributed by atoms with Gasteiger partial charge in [-0.1, -0.05) is 20.8 Å². The molecular weight excluding hydrogens is 579 g/mol. The van der Waals surface area contributed by atoms with E-state index in [-0.39, 0.29) is 76.8 Å². The molecule has 1 saturated carbocycles. The monoisotopic (exact) mass is 607 g/mol. The third kappa shape index (κ3) is 4.60. The summed E-state index contributed by atoms with van der Waals surface area (Å²) in [5.74, 6) is -1.40. The van der Waals surface area contributed by atoms with Gasteiger partial charge in [0.25, 0.3) is 5.91 Å². The number of carbonyl (C=O) groups excluding carboxylic acids is 3. The maximum absolute atomic E-state index is 13.9. The molecule has 3 aromatic heterocycles. The number of pyridine rings is 2. The summed E-state index contributed by atoms with van der Waals surface area (Å²) in [5, 5.41) is 0. The zero-order chi connectivity index (χ0) is 28.9. The number of nitrogens with two attached hydrogens (primary N) is 1. The summed E-state index contributed by atoms with van der Waals surface area (Å²) in [7, 11) is 0. The Morgan fingerprint density at radius 2 is 1.83 bits per heavy atom. The first-order chi connectivity index (χ1) is 18.7. The zero-order valence-electron chi connectivity index (χ0n) is 22.8. The lowest BCUT2D eigenvalue weighted by atomic mass is 9.99. The summed E-state index contributed by atoms with van der Waals surface area (Å²) in [6.45, 7) is 7.97. The molecule has 2 unspecified atom stereocenters. The Morgan fingerprint density at radius 3 is 2.41 bits per heavy atom. The third-order valence-corrected chi connectivity index (χ3v) is 9.74. The van der Waals surface area contributed by atoms with Crippen LogP contribution >= 0.6 is 23.7 Å². The van der Waals surface area contributed by atoms with Crippen LogP contribution in [0.5, 0.6) is 0 Å². The van der Waals surface area contributed by atoms with E-state index in [2.05, 4.69) is 9.97 Å². The Bertz CT molecular complexity index is 1570. The minimum atomic E-state index is -4.72. The minimum Gasteiger partial charge on any atom is -0.337 e. The average Bonchev–Trinajstić information content (AvgIpc) is 3.17. The molecule has 3 aliphatic rings. The number of piperidine rings is 1. The van der Waals surface area contributed by atoms with Crippen molar-refractivity contribution in [2.24, 2.45) is 28.9 Å². The second-order valence-corrected chi connectivity index (χ2v) is 12.9. The summed E-state index contributed by atoms with van der Waals surface area (Å²) in [6, 6.07) is 3.94. The van der Waals surface area contributed by atoms with Crippen molar-refractivity contribution in [3.8, 4) is 11.3 Å². The molecule has 218 valence electrons. The fraction of sp³-hybridized carbons (Fsp3) is 0.464. The summed E-state index contributed by atoms with van der Waals surface area (Å²) < 4.78 is 42.1. The van der Waals surface area contributed by atoms with E-state index in [0.29, 0.717) is 33.7 Å². The van der Waals surface area contributed by atoms with Gasteiger partial charge in [-0.25, -0.2) is 4.98 Å². The number of amides is 3. The van der Waals surface area contributed by atoms with Gasteiger partial charge in [-0.05, 0) is 42.0 Å². The Kier molecular flexibility index (Phi) is 6.98. The largest absolute Gasteiger partial charge is 0.433 e. The Hall–Kier alpha value is -3.09. The highest BCUT2D eigenvalue weighted by atomic mass is 35.5. The summed E-state index contributed by atoms with van der Waals surface area (Å²) in [5.41, 5.74) is 5.68. The predicted molar refractivity (Wildman–Crippen MR) is 149 cm³/mol. The molecule has 2 N–H and O–H groups in total. The van der Waals surface area contributed by atoms with Gasteiger partial charge in [0, 0.05) is 35.8 Å². The van der Waals surface area contributed by atoms with Crippen molar-refractivity contribution >= 4 is 51.7 Å². The van der Waals surface area contributed by atoms with E-state index in [1.54, 1.807) is 17.0 Å². The highest BCUT2D eigenvalue weighted by Gasteiger charge is 2.72. The van der Waals surface area contributed by atoms with Crippen molar-refractivity contribution in [2.45, 2.75) is 46.5 Å². The average molecular weight is 608 g/mol. The molecule has 0 bridgehead atoms. The fourth-order valence-corrected chi connectivity index (χ4v) is 7.28. The number of likely N-dealkylation sites (tertiary alicyclic amines) is 2. The molecule has 1 aliphatic carbocycles. The number of carbonyl (C=O) groups is 3. The van der Waals surface area contributed by atoms with E-state index in [9.17, 15) is 27.6 Å². The molecule has 4 atom stereocenters. The number of hydrogen-bond donors (Lipinski definition) is 1. The van der Waals surface area contributed by atoms with Gasteiger partial charge in [0.1, 0.15) is 5.69 Å². The Balaban J connectivity index is 0.00000337. The normalized spacial score (nSPS) is 25.1. The molecule has 2 aliphatic heterocycles. The molecule has 6 rings (SSSR count). The van der Waals surface area contributed by atoms with Gasteiger partial charge in [0.2, 0.25) is 11.8 Å². The summed E-state index contributed by atoms with van der Waals surface area (Å²) in [6.07, 6.45) is -3.26. The maximum atomic E-state index is 13.9. The third-order valence-electron chi connectivity index (χ3n) is 8.60. The molecule has 3 aromatic rings. The number of hydrogen-bond acceptors (Lipinski definition) is 7. The number of alkyl halides is 3. The van der Waals surface area contributed by atoms with Crippen LogP contribution in [-0.4, -0.2) is 56.6 Å². The van der Waals surface area contributed by atoms with Crippen molar-refractivity contribution in [2.75, 3.05) is 13.1 Å². The summed E-state index contributed by atoms with van der Waals surface area (Å²) in [4.78, 5) is 51.3. The predicted octanol–water partition coefficient (Wildman–Crippen LogP) is 4.67. The molecule has 0 spiro atoms. The fourth-order valence-electron chi connectivity index (χ4n) is 6.17. The number of fused-ring (bicyclic) bond motifs is 2. The number of aryl methyl sites for hydroxylation is 1. The Morgan fingerprint density at radius 1 is 1.17 bits per heavy atom.